The minimum atomic E-state index is -1.01. The van der Waals surface area contributed by atoms with Crippen LogP contribution >= 0.6 is 12.6 Å². The number of unbranched alkanes of at least 4 members (excludes halogenated alkanes) is 1. The standard InChI is InChI=1S/C5H10FS/c1-2-3-4-5(6)7/h5H,2-4H2,1H3. The van der Waals surface area contributed by atoms with E-state index in [9.17, 15) is 4.39 Å². The molecule has 7 heavy (non-hydrogen) atoms. The van der Waals surface area contributed by atoms with Gasteiger partial charge in [0.05, 0.1) is 0 Å². The van der Waals surface area contributed by atoms with E-state index in [4.69, 9.17) is 0 Å². The molecule has 0 saturated heterocycles. The molecule has 0 aromatic rings. The van der Waals surface area contributed by atoms with Crippen LogP contribution in [0.15, 0.2) is 0 Å². The van der Waals surface area contributed by atoms with Crippen LogP contribution in [0.3, 0.4) is 0 Å². The van der Waals surface area contributed by atoms with Crippen LogP contribution in [0, 0.1) is 0 Å². The van der Waals surface area contributed by atoms with Gasteiger partial charge in [0.25, 0.3) is 0 Å². The highest BCUT2D eigenvalue weighted by atomic mass is 32.1. The SMILES string of the molecule is CCCCC(F)[S]. The van der Waals surface area contributed by atoms with Crippen molar-refractivity contribution in [3.63, 3.8) is 0 Å². The van der Waals surface area contributed by atoms with Crippen LogP contribution in [-0.4, -0.2) is 5.50 Å². The lowest BCUT2D eigenvalue weighted by Crippen LogP contribution is -1.85. The number of rotatable bonds is 3. The lowest BCUT2D eigenvalue weighted by Gasteiger charge is -1.93. The smallest absolute Gasteiger partial charge is 0.155 e. The second-order valence-corrected chi connectivity index (χ2v) is 2.06. The molecule has 0 saturated carbocycles. The first-order chi connectivity index (χ1) is 3.27. The molecule has 0 spiro atoms. The van der Waals surface area contributed by atoms with Crippen LogP contribution in [0.4, 0.5) is 4.39 Å². The molecule has 0 rings (SSSR count). The van der Waals surface area contributed by atoms with Crippen molar-refractivity contribution in [1.82, 2.24) is 0 Å². The van der Waals surface area contributed by atoms with Crippen molar-refractivity contribution in [3.8, 4) is 0 Å². The van der Waals surface area contributed by atoms with Crippen molar-refractivity contribution in [2.24, 2.45) is 0 Å². The van der Waals surface area contributed by atoms with Crippen LogP contribution in [0.1, 0.15) is 26.2 Å². The van der Waals surface area contributed by atoms with E-state index in [0.717, 1.165) is 12.8 Å². The van der Waals surface area contributed by atoms with Gasteiger partial charge in [0.15, 0.2) is 5.50 Å². The first-order valence-corrected chi connectivity index (χ1v) is 3.04. The molecule has 1 radical (unpaired) electrons. The molecule has 43 valence electrons. The molecule has 0 aliphatic heterocycles. The predicted octanol–water partition coefficient (Wildman–Crippen LogP) is 2.67. The Hall–Kier alpha value is 0.280. The zero-order chi connectivity index (χ0) is 5.70. The van der Waals surface area contributed by atoms with Gasteiger partial charge >= 0.3 is 0 Å². The summed E-state index contributed by atoms with van der Waals surface area (Å²) in [4.78, 5) is 0. The fourth-order valence-corrected chi connectivity index (χ4v) is 0.531. The third-order valence-electron chi connectivity index (χ3n) is 0.785. The van der Waals surface area contributed by atoms with Gasteiger partial charge in [0.2, 0.25) is 0 Å². The average Bonchev–Trinajstić information content (AvgIpc) is 1.61. The highest BCUT2D eigenvalue weighted by Crippen LogP contribution is 2.06. The van der Waals surface area contributed by atoms with E-state index in [1.54, 1.807) is 0 Å². The Labute approximate surface area is 49.5 Å². The fourth-order valence-electron chi connectivity index (χ4n) is 0.365. The van der Waals surface area contributed by atoms with E-state index < -0.39 is 5.50 Å². The van der Waals surface area contributed by atoms with E-state index in [-0.39, 0.29) is 0 Å². The van der Waals surface area contributed by atoms with Crippen molar-refractivity contribution in [2.75, 3.05) is 0 Å². The van der Waals surface area contributed by atoms with Gasteiger partial charge in [-0.2, -0.15) is 0 Å². The maximum atomic E-state index is 11.7. The molecule has 0 heterocycles. The van der Waals surface area contributed by atoms with Gasteiger partial charge in [-0.05, 0) is 12.8 Å². The molecule has 1 unspecified atom stereocenters. The topological polar surface area (TPSA) is 0 Å². The number of hydrogen-bond donors (Lipinski definition) is 0. The van der Waals surface area contributed by atoms with Gasteiger partial charge < -0.3 is 0 Å². The summed E-state index contributed by atoms with van der Waals surface area (Å²) in [7, 11) is 0. The highest BCUT2D eigenvalue weighted by Gasteiger charge is 1.95. The molecule has 0 aromatic heterocycles. The Morgan fingerprint density at radius 2 is 2.29 bits per heavy atom. The maximum Gasteiger partial charge on any atom is 0.155 e. The molecule has 0 N–H and O–H groups in total. The fraction of sp³-hybridized carbons (Fsp3) is 1.00. The second-order valence-electron chi connectivity index (χ2n) is 1.55. The predicted molar refractivity (Wildman–Crippen MR) is 32.0 cm³/mol. The minimum Gasteiger partial charge on any atom is -0.235 e. The number of alkyl halides is 1. The van der Waals surface area contributed by atoms with Crippen molar-refractivity contribution >= 4 is 12.6 Å². The molecule has 0 amide bonds. The van der Waals surface area contributed by atoms with Gasteiger partial charge in [-0.15, -0.1) is 0 Å². The summed E-state index contributed by atoms with van der Waals surface area (Å²) in [5, 5.41) is 0. The Morgan fingerprint density at radius 3 is 2.43 bits per heavy atom. The molecule has 0 aliphatic rings. The Balaban J connectivity index is 2.68. The minimum absolute atomic E-state index is 0.547. The van der Waals surface area contributed by atoms with Crippen molar-refractivity contribution in [3.05, 3.63) is 0 Å². The maximum absolute atomic E-state index is 11.7. The number of halogens is 1. The summed E-state index contributed by atoms with van der Waals surface area (Å²) in [6, 6.07) is 0. The Morgan fingerprint density at radius 1 is 1.71 bits per heavy atom. The zero-order valence-electron chi connectivity index (χ0n) is 4.48. The third kappa shape index (κ3) is 6.28. The third-order valence-corrected chi connectivity index (χ3v) is 1.02. The van der Waals surface area contributed by atoms with Crippen LogP contribution in [0.2, 0.25) is 0 Å². The van der Waals surface area contributed by atoms with E-state index >= 15 is 0 Å². The van der Waals surface area contributed by atoms with E-state index in [0.29, 0.717) is 6.42 Å². The summed E-state index contributed by atoms with van der Waals surface area (Å²) >= 11 is 4.28. The molecule has 0 aromatic carbocycles. The molecule has 0 bridgehead atoms. The molecule has 0 nitrogen and oxygen atoms in total. The lowest BCUT2D eigenvalue weighted by atomic mass is 10.3. The number of hydrogen-bond acceptors (Lipinski definition) is 0. The van der Waals surface area contributed by atoms with Gasteiger partial charge in [0.1, 0.15) is 0 Å². The van der Waals surface area contributed by atoms with Crippen molar-refractivity contribution in [1.29, 1.82) is 0 Å². The first kappa shape index (κ1) is 7.28. The van der Waals surface area contributed by atoms with Crippen molar-refractivity contribution < 1.29 is 4.39 Å². The zero-order valence-corrected chi connectivity index (χ0v) is 5.30. The van der Waals surface area contributed by atoms with Gasteiger partial charge in [0, 0.05) is 0 Å². The summed E-state index contributed by atoms with van der Waals surface area (Å²) in [5.74, 6) is 0. The largest absolute Gasteiger partial charge is 0.235 e. The second kappa shape index (κ2) is 4.44. The Kier molecular flexibility index (Phi) is 4.62. The van der Waals surface area contributed by atoms with E-state index in [2.05, 4.69) is 12.6 Å². The quantitative estimate of drug-likeness (QED) is 0.538. The highest BCUT2D eigenvalue weighted by molar-refractivity contribution is 7.80. The molecule has 0 fully saturated rings. The summed E-state index contributed by atoms with van der Waals surface area (Å²) in [6.07, 6.45) is 2.51. The normalized spacial score (nSPS) is 14.1. The van der Waals surface area contributed by atoms with Crippen LogP contribution in [0.25, 0.3) is 0 Å². The van der Waals surface area contributed by atoms with Crippen molar-refractivity contribution in [2.45, 2.75) is 31.7 Å². The monoisotopic (exact) mass is 121 g/mol. The van der Waals surface area contributed by atoms with Crippen LogP contribution in [0.5, 0.6) is 0 Å². The van der Waals surface area contributed by atoms with E-state index in [1.807, 2.05) is 6.92 Å². The lowest BCUT2D eigenvalue weighted by molar-refractivity contribution is 0.421. The summed E-state index contributed by atoms with van der Waals surface area (Å²) in [5.41, 5.74) is -1.01. The van der Waals surface area contributed by atoms with E-state index in [1.165, 1.54) is 0 Å². The molecule has 2 heteroatoms. The molecule has 1 atom stereocenters. The molecule has 0 aliphatic carbocycles. The summed E-state index contributed by atoms with van der Waals surface area (Å²) < 4.78 is 11.7. The van der Waals surface area contributed by atoms with Gasteiger partial charge in [-0.25, -0.2) is 4.39 Å². The molecular weight excluding hydrogens is 111 g/mol. The Bertz CT molecular complexity index is 37.1. The van der Waals surface area contributed by atoms with Crippen LogP contribution in [-0.2, 0) is 0 Å². The first-order valence-electron chi connectivity index (χ1n) is 2.57. The molecular formula is C5H10FS. The van der Waals surface area contributed by atoms with Gasteiger partial charge in [-0.1, -0.05) is 26.0 Å². The van der Waals surface area contributed by atoms with Crippen LogP contribution < -0.4 is 0 Å². The average molecular weight is 121 g/mol. The van der Waals surface area contributed by atoms with Gasteiger partial charge in [-0.3, -0.25) is 0 Å². The summed E-state index contributed by atoms with van der Waals surface area (Å²) in [6.45, 7) is 2.03.